The van der Waals surface area contributed by atoms with Gasteiger partial charge in [-0.05, 0) is 53.9 Å². The molecule has 0 aliphatic rings. The average Bonchev–Trinajstić information content (AvgIpc) is 3.53. The summed E-state index contributed by atoms with van der Waals surface area (Å²) in [6.45, 7) is 6.22. The van der Waals surface area contributed by atoms with Gasteiger partial charge in [-0.15, -0.1) is 0 Å². The predicted octanol–water partition coefficient (Wildman–Crippen LogP) is 7.70. The van der Waals surface area contributed by atoms with E-state index in [1.54, 1.807) is 24.5 Å². The number of allylic oxidation sites excluding steroid dienone is 1. The molecule has 0 atom stereocenters. The van der Waals surface area contributed by atoms with E-state index in [-0.39, 0.29) is 5.82 Å². The number of nitrogens with zero attached hydrogens (tertiary/aromatic N) is 3. The monoisotopic (exact) mass is 488 g/mol. The van der Waals surface area contributed by atoms with Gasteiger partial charge in [-0.2, -0.15) is 5.10 Å². The fourth-order valence-corrected chi connectivity index (χ4v) is 4.67. The summed E-state index contributed by atoms with van der Waals surface area (Å²) in [5, 5.41) is 13.1. The van der Waals surface area contributed by atoms with Gasteiger partial charge in [0.25, 0.3) is 0 Å². The SMILES string of the molecule is C=C(CCC)Nc1cncc(-c2ccc3[nH]nc(-c4cc5c(-c6ccc(F)cc6)cncc5[nH]4)c3c2)c1. The van der Waals surface area contributed by atoms with Crippen molar-refractivity contribution in [1.82, 2.24) is 25.1 Å². The third-order valence-corrected chi connectivity index (χ3v) is 6.46. The van der Waals surface area contributed by atoms with Crippen molar-refractivity contribution in [2.45, 2.75) is 19.8 Å². The second-order valence-corrected chi connectivity index (χ2v) is 9.11. The Morgan fingerprint density at radius 1 is 0.865 bits per heavy atom. The molecule has 0 unspecified atom stereocenters. The number of rotatable bonds is 7. The maximum absolute atomic E-state index is 13.5. The zero-order chi connectivity index (χ0) is 25.4. The lowest BCUT2D eigenvalue weighted by atomic mass is 10.0. The molecule has 0 saturated heterocycles. The van der Waals surface area contributed by atoms with E-state index < -0.39 is 0 Å². The molecular weight excluding hydrogens is 463 g/mol. The number of hydrogen-bond acceptors (Lipinski definition) is 4. The summed E-state index contributed by atoms with van der Waals surface area (Å²) in [4.78, 5) is 12.3. The van der Waals surface area contributed by atoms with Gasteiger partial charge in [-0.3, -0.25) is 15.1 Å². The second-order valence-electron chi connectivity index (χ2n) is 9.11. The van der Waals surface area contributed by atoms with Crippen molar-refractivity contribution < 1.29 is 4.39 Å². The molecule has 0 radical (unpaired) electrons. The first-order valence-electron chi connectivity index (χ1n) is 12.2. The molecule has 182 valence electrons. The molecule has 4 heterocycles. The molecule has 0 saturated carbocycles. The van der Waals surface area contributed by atoms with Gasteiger partial charge in [0.2, 0.25) is 0 Å². The van der Waals surface area contributed by atoms with E-state index in [0.717, 1.165) is 79.7 Å². The number of nitrogens with one attached hydrogen (secondary N) is 3. The molecule has 3 N–H and O–H groups in total. The molecule has 6 nitrogen and oxygen atoms in total. The van der Waals surface area contributed by atoms with Crippen LogP contribution in [0.5, 0.6) is 0 Å². The van der Waals surface area contributed by atoms with Crippen LogP contribution >= 0.6 is 0 Å². The van der Waals surface area contributed by atoms with Crippen LogP contribution in [0.3, 0.4) is 0 Å². The molecule has 4 aromatic heterocycles. The Labute approximate surface area is 213 Å². The van der Waals surface area contributed by atoms with Gasteiger partial charge in [-0.25, -0.2) is 4.39 Å². The van der Waals surface area contributed by atoms with E-state index in [0.29, 0.717) is 0 Å². The number of anilines is 1. The van der Waals surface area contributed by atoms with Crippen LogP contribution in [0.1, 0.15) is 19.8 Å². The number of benzene rings is 2. The molecule has 0 aliphatic heterocycles. The largest absolute Gasteiger partial charge is 0.358 e. The van der Waals surface area contributed by atoms with Crippen LogP contribution in [-0.2, 0) is 0 Å². The summed E-state index contributed by atoms with van der Waals surface area (Å²) in [5.41, 5.74) is 9.28. The Hall–Kier alpha value is -4.78. The highest BCUT2D eigenvalue weighted by molar-refractivity contribution is 6.01. The van der Waals surface area contributed by atoms with Crippen LogP contribution in [0.15, 0.2) is 91.7 Å². The van der Waals surface area contributed by atoms with Crippen molar-refractivity contribution in [3.8, 4) is 33.6 Å². The van der Waals surface area contributed by atoms with Gasteiger partial charge in [0.05, 0.1) is 34.8 Å². The van der Waals surface area contributed by atoms with Crippen molar-refractivity contribution in [2.75, 3.05) is 5.32 Å². The lowest BCUT2D eigenvalue weighted by Crippen LogP contribution is -1.98. The van der Waals surface area contributed by atoms with Gasteiger partial charge >= 0.3 is 0 Å². The standard InChI is InChI=1S/C30H25FN6/c1-3-4-18(2)34-23-11-21(14-32-15-23)20-7-10-27-25(12-20)30(37-36-27)28-13-24-26(16-33-17-29(24)35-28)19-5-8-22(31)9-6-19/h5-17,34-35H,2-4H2,1H3,(H,36,37). The van der Waals surface area contributed by atoms with Gasteiger partial charge < -0.3 is 10.3 Å². The lowest BCUT2D eigenvalue weighted by Gasteiger charge is -2.10. The quantitative estimate of drug-likeness (QED) is 0.215. The molecular formula is C30H25FN6. The molecule has 0 aliphatic carbocycles. The molecule has 0 spiro atoms. The highest BCUT2D eigenvalue weighted by Crippen LogP contribution is 2.35. The minimum Gasteiger partial charge on any atom is -0.358 e. The normalized spacial score (nSPS) is 11.3. The van der Waals surface area contributed by atoms with Gasteiger partial charge in [0.15, 0.2) is 0 Å². The fraction of sp³-hybridized carbons (Fsp3) is 0.100. The van der Waals surface area contributed by atoms with Gasteiger partial charge in [-0.1, -0.05) is 38.1 Å². The fourth-order valence-electron chi connectivity index (χ4n) is 4.67. The topological polar surface area (TPSA) is 82.3 Å². The van der Waals surface area contributed by atoms with E-state index >= 15 is 0 Å². The van der Waals surface area contributed by atoms with E-state index in [4.69, 9.17) is 0 Å². The molecule has 0 bridgehead atoms. The number of hydrogen-bond donors (Lipinski definition) is 3. The first kappa shape index (κ1) is 22.7. The summed E-state index contributed by atoms with van der Waals surface area (Å²) in [7, 11) is 0. The van der Waals surface area contributed by atoms with Crippen molar-refractivity contribution in [3.05, 3.63) is 97.5 Å². The van der Waals surface area contributed by atoms with Crippen LogP contribution in [0.2, 0.25) is 0 Å². The summed E-state index contributed by atoms with van der Waals surface area (Å²) >= 11 is 0. The molecule has 37 heavy (non-hydrogen) atoms. The summed E-state index contributed by atoms with van der Waals surface area (Å²) in [6, 6.07) is 16.8. The van der Waals surface area contributed by atoms with Crippen molar-refractivity contribution in [2.24, 2.45) is 0 Å². The maximum Gasteiger partial charge on any atom is 0.123 e. The number of aromatic nitrogens is 5. The zero-order valence-corrected chi connectivity index (χ0v) is 20.3. The highest BCUT2D eigenvalue weighted by atomic mass is 19.1. The van der Waals surface area contributed by atoms with E-state index in [9.17, 15) is 4.39 Å². The maximum atomic E-state index is 13.5. The number of pyridine rings is 2. The minimum absolute atomic E-state index is 0.264. The van der Waals surface area contributed by atoms with Crippen molar-refractivity contribution in [1.29, 1.82) is 0 Å². The van der Waals surface area contributed by atoms with E-state index in [1.807, 2.05) is 18.5 Å². The summed E-state index contributed by atoms with van der Waals surface area (Å²) in [6.07, 6.45) is 9.22. The van der Waals surface area contributed by atoms with Crippen LogP contribution in [0.4, 0.5) is 10.1 Å². The Morgan fingerprint density at radius 3 is 2.51 bits per heavy atom. The molecule has 0 amide bonds. The molecule has 6 rings (SSSR count). The molecule has 7 heteroatoms. The summed E-state index contributed by atoms with van der Waals surface area (Å²) in [5.74, 6) is -0.264. The first-order valence-corrected chi connectivity index (χ1v) is 12.2. The predicted molar refractivity (Wildman–Crippen MR) is 147 cm³/mol. The van der Waals surface area contributed by atoms with Crippen LogP contribution < -0.4 is 5.32 Å². The number of H-pyrrole nitrogens is 2. The number of halogens is 1. The Bertz CT molecular complexity index is 1750. The van der Waals surface area contributed by atoms with Crippen LogP contribution in [0, 0.1) is 5.82 Å². The lowest BCUT2D eigenvalue weighted by molar-refractivity contribution is 0.628. The zero-order valence-electron chi connectivity index (χ0n) is 20.3. The third kappa shape index (κ3) is 4.36. The first-order chi connectivity index (χ1) is 18.1. The van der Waals surface area contributed by atoms with E-state index in [1.165, 1.54) is 12.1 Å². The van der Waals surface area contributed by atoms with E-state index in [2.05, 4.69) is 68.2 Å². The minimum atomic E-state index is -0.264. The summed E-state index contributed by atoms with van der Waals surface area (Å²) < 4.78 is 13.5. The number of aromatic amines is 2. The average molecular weight is 489 g/mol. The Kier molecular flexibility index (Phi) is 5.73. The molecule has 0 fully saturated rings. The van der Waals surface area contributed by atoms with Crippen molar-refractivity contribution >= 4 is 27.5 Å². The highest BCUT2D eigenvalue weighted by Gasteiger charge is 2.15. The van der Waals surface area contributed by atoms with Crippen LogP contribution in [0.25, 0.3) is 55.4 Å². The van der Waals surface area contributed by atoms with Gasteiger partial charge in [0, 0.05) is 40.0 Å². The van der Waals surface area contributed by atoms with Gasteiger partial charge in [0.1, 0.15) is 11.5 Å². The number of fused-ring (bicyclic) bond motifs is 2. The Balaban J connectivity index is 1.40. The molecule has 2 aromatic carbocycles. The Morgan fingerprint density at radius 2 is 1.68 bits per heavy atom. The smallest absolute Gasteiger partial charge is 0.123 e. The molecule has 6 aromatic rings. The van der Waals surface area contributed by atoms with Crippen LogP contribution in [-0.4, -0.2) is 25.1 Å². The third-order valence-electron chi connectivity index (χ3n) is 6.46. The van der Waals surface area contributed by atoms with Crippen molar-refractivity contribution in [3.63, 3.8) is 0 Å². The second kappa shape index (κ2) is 9.35.